The summed E-state index contributed by atoms with van der Waals surface area (Å²) in [5.74, 6) is 0.857. The Morgan fingerprint density at radius 2 is 1.58 bits per heavy atom. The van der Waals surface area contributed by atoms with Crippen LogP contribution in [0.1, 0.15) is 85.0 Å². The SMILES string of the molecule is CCC(C)(C)C(=O)CC[C@H]1C(OP)CC(OP(P(P)P)P(P)P)C1C/C=C\CCCCCC(=O)OP(P)P. The topological polar surface area (TPSA) is 61.8 Å². The van der Waals surface area contributed by atoms with E-state index in [4.69, 9.17) is 13.6 Å². The van der Waals surface area contributed by atoms with Crippen LogP contribution in [0.15, 0.2) is 12.2 Å². The van der Waals surface area contributed by atoms with Gasteiger partial charge in [-0.2, -0.15) is 0 Å². The van der Waals surface area contributed by atoms with E-state index in [1.807, 2.05) is 0 Å². The van der Waals surface area contributed by atoms with Crippen LogP contribution in [-0.4, -0.2) is 24.0 Å². The van der Waals surface area contributed by atoms with Gasteiger partial charge in [0.2, 0.25) is 0 Å². The van der Waals surface area contributed by atoms with Gasteiger partial charge in [0.05, 0.1) is 19.7 Å². The first-order chi connectivity index (χ1) is 17.8. The van der Waals surface area contributed by atoms with E-state index in [2.05, 4.69) is 96.0 Å². The Morgan fingerprint density at radius 3 is 2.13 bits per heavy atom. The summed E-state index contributed by atoms with van der Waals surface area (Å²) in [6.07, 6.45) is 13.3. The minimum Gasteiger partial charge on any atom is -0.437 e. The van der Waals surface area contributed by atoms with Crippen LogP contribution in [0.5, 0.6) is 0 Å². The molecule has 10 unspecified atom stereocenters. The Bertz CT molecular complexity index is 730. The molecule has 16 heteroatoms. The van der Waals surface area contributed by atoms with E-state index < -0.39 is 15.1 Å². The average Bonchev–Trinajstić information content (AvgIpc) is 3.17. The molecule has 0 aromatic rings. The van der Waals surface area contributed by atoms with Gasteiger partial charge in [0, 0.05) is 34.1 Å². The van der Waals surface area contributed by atoms with Crippen molar-refractivity contribution < 1.29 is 23.2 Å². The zero-order chi connectivity index (χ0) is 28.9. The largest absolute Gasteiger partial charge is 0.437 e. The fourth-order valence-electron chi connectivity index (χ4n) is 4.56. The molecule has 1 saturated carbocycles. The second kappa shape index (κ2) is 21.3. The Labute approximate surface area is 252 Å². The van der Waals surface area contributed by atoms with Crippen molar-refractivity contribution in [3.8, 4) is 0 Å². The summed E-state index contributed by atoms with van der Waals surface area (Å²) in [6, 6.07) is 0. The smallest absolute Gasteiger partial charge is 0.309 e. The van der Waals surface area contributed by atoms with Crippen LogP contribution in [0.2, 0.25) is 0 Å². The van der Waals surface area contributed by atoms with E-state index >= 15 is 0 Å². The van der Waals surface area contributed by atoms with Gasteiger partial charge in [-0.15, -0.1) is 35.7 Å². The summed E-state index contributed by atoms with van der Waals surface area (Å²) in [6.45, 7) is 5.54. The minimum atomic E-state index is -0.784. The van der Waals surface area contributed by atoms with E-state index in [-0.39, 0.29) is 37.6 Å². The summed E-state index contributed by atoms with van der Waals surface area (Å²) in [4.78, 5) is 24.6. The molecule has 0 aromatic carbocycles. The maximum atomic E-state index is 12.9. The highest BCUT2D eigenvalue weighted by molar-refractivity contribution is 8.96. The van der Waals surface area contributed by atoms with Gasteiger partial charge in [0.1, 0.15) is 13.3 Å². The van der Waals surface area contributed by atoms with Crippen molar-refractivity contribution in [2.24, 2.45) is 17.3 Å². The number of Topliss-reactive ketones (excluding diaryl/α,β-unsaturated/α-hetero) is 1. The zero-order valence-electron chi connectivity index (χ0n) is 22.9. The lowest BCUT2D eigenvalue weighted by Gasteiger charge is -2.31. The molecule has 0 heterocycles. The maximum absolute atomic E-state index is 12.9. The number of allylic oxidation sites excluding steroid dienone is 2. The fourth-order valence-corrected chi connectivity index (χ4v) is 38.8. The number of ketones is 1. The van der Waals surface area contributed by atoms with Gasteiger partial charge in [-0.25, -0.2) is 0 Å². The summed E-state index contributed by atoms with van der Waals surface area (Å²) < 4.78 is 18.0. The first-order valence-electron chi connectivity index (χ1n) is 12.9. The monoisotopic (exact) mass is 734 g/mol. The number of hydrogen-bond donors (Lipinski definition) is 0. The molecule has 0 N–H and O–H groups in total. The first kappa shape index (κ1) is 39.6. The maximum Gasteiger partial charge on any atom is 0.309 e. The standard InChI is InChI=1S/C22H49O5P11/c1-4-22(2,3)20(23)14-13-17-16(11-9-7-5-6-8-10-12-21(24)27-35(29)30)19(15-18(17)25-28)26-36(37(31)32)38(33)34/h7,9,16-19H,4-6,8,10-15,28-34H2,1-3H3/b9-7-/t16?,17-,18?,19?/m1/s1. The normalized spacial score (nSPS) is 22.5. The summed E-state index contributed by atoms with van der Waals surface area (Å²) in [7, 11) is 18.0. The van der Waals surface area contributed by atoms with E-state index in [1.54, 1.807) is 0 Å². The lowest BCUT2D eigenvalue weighted by Crippen LogP contribution is -2.27. The predicted molar refractivity (Wildman–Crippen MR) is 198 cm³/mol. The molecule has 11 atom stereocenters. The van der Waals surface area contributed by atoms with Crippen molar-refractivity contribution in [1.29, 1.82) is 0 Å². The Morgan fingerprint density at radius 1 is 0.921 bits per heavy atom. The molecule has 222 valence electrons. The van der Waals surface area contributed by atoms with Crippen LogP contribution in [-0.2, 0) is 23.2 Å². The molecule has 0 spiro atoms. The second-order valence-electron chi connectivity index (χ2n) is 10.2. The highest BCUT2D eigenvalue weighted by Gasteiger charge is 2.45. The summed E-state index contributed by atoms with van der Waals surface area (Å²) in [5.41, 5.74) is -0.274. The van der Waals surface area contributed by atoms with Crippen LogP contribution in [0.3, 0.4) is 0 Å². The highest BCUT2D eigenvalue weighted by Crippen LogP contribution is 2.98. The van der Waals surface area contributed by atoms with Gasteiger partial charge >= 0.3 is 5.97 Å². The number of unbranched alkanes of at least 4 members (excludes halogenated alkanes) is 3. The van der Waals surface area contributed by atoms with E-state index in [1.165, 1.54) is 0 Å². The Kier molecular flexibility index (Phi) is 22.2. The van der Waals surface area contributed by atoms with Gasteiger partial charge in [0.25, 0.3) is 0 Å². The number of carbonyl (C=O) groups is 2. The van der Waals surface area contributed by atoms with Crippen molar-refractivity contribution in [1.82, 2.24) is 0 Å². The van der Waals surface area contributed by atoms with Crippen LogP contribution in [0, 0.1) is 17.3 Å². The van der Waals surface area contributed by atoms with Crippen LogP contribution in [0.25, 0.3) is 0 Å². The van der Waals surface area contributed by atoms with Crippen molar-refractivity contribution in [2.75, 3.05) is 0 Å². The van der Waals surface area contributed by atoms with Crippen molar-refractivity contribution >= 4 is 104 Å². The molecule has 1 rings (SSSR count). The van der Waals surface area contributed by atoms with Gasteiger partial charge < -0.3 is 13.6 Å². The number of hydrogen-bond acceptors (Lipinski definition) is 5. The molecule has 38 heavy (non-hydrogen) atoms. The molecule has 0 bridgehead atoms. The lowest BCUT2D eigenvalue weighted by atomic mass is 9.80. The number of rotatable bonds is 19. The van der Waals surface area contributed by atoms with Crippen LogP contribution < -0.4 is 0 Å². The molecule has 0 aliphatic heterocycles. The zero-order valence-corrected chi connectivity index (χ0v) is 34.6. The van der Waals surface area contributed by atoms with Gasteiger partial charge in [-0.3, -0.25) is 9.59 Å². The molecular formula is C22H49O5P11. The second-order valence-corrected chi connectivity index (χ2v) is 39.8. The summed E-state index contributed by atoms with van der Waals surface area (Å²) in [5, 5.41) is 0. The lowest BCUT2D eigenvalue weighted by molar-refractivity contribution is -0.133. The molecule has 5 nitrogen and oxygen atoms in total. The van der Waals surface area contributed by atoms with Gasteiger partial charge in [-0.1, -0.05) is 57.2 Å². The van der Waals surface area contributed by atoms with Crippen LogP contribution >= 0.6 is 92.1 Å². The van der Waals surface area contributed by atoms with Gasteiger partial charge in [0.15, 0.2) is 0 Å². The summed E-state index contributed by atoms with van der Waals surface area (Å²) >= 11 is 0. The van der Waals surface area contributed by atoms with Crippen molar-refractivity contribution in [3.05, 3.63) is 12.2 Å². The minimum absolute atomic E-state index is 0.0853. The Balaban J connectivity index is 2.81. The van der Waals surface area contributed by atoms with Gasteiger partial charge in [-0.05, 0) is 64.3 Å². The quantitative estimate of drug-likeness (QED) is 0.0751. The molecule has 0 radical (unpaired) electrons. The molecule has 0 saturated heterocycles. The van der Waals surface area contributed by atoms with Crippen molar-refractivity contribution in [2.45, 2.75) is 97.2 Å². The number of carbonyl (C=O) groups excluding carboxylic acids is 2. The Hall–Kier alpha value is 3.53. The first-order valence-corrected chi connectivity index (χ1v) is 29.7. The molecule has 1 aliphatic rings. The van der Waals surface area contributed by atoms with E-state index in [9.17, 15) is 9.59 Å². The average molecular weight is 734 g/mol. The molecule has 1 fully saturated rings. The third-order valence-corrected chi connectivity index (χ3v) is 31.0. The predicted octanol–water partition coefficient (Wildman–Crippen LogP) is 10.7. The van der Waals surface area contributed by atoms with E-state index in [0.29, 0.717) is 30.5 Å². The van der Waals surface area contributed by atoms with Crippen molar-refractivity contribution in [3.63, 3.8) is 0 Å². The van der Waals surface area contributed by atoms with Crippen LogP contribution in [0.4, 0.5) is 0 Å². The molecule has 0 amide bonds. The fraction of sp³-hybridized carbons (Fsp3) is 0.818. The van der Waals surface area contributed by atoms with E-state index in [0.717, 1.165) is 51.4 Å². The molecular weight excluding hydrogens is 685 g/mol. The molecule has 1 aliphatic carbocycles. The third kappa shape index (κ3) is 15.0. The molecule has 0 aromatic heterocycles. The highest BCUT2D eigenvalue weighted by atomic mass is 33.0. The third-order valence-electron chi connectivity index (χ3n) is 7.15.